The van der Waals surface area contributed by atoms with E-state index < -0.39 is 0 Å². The number of carbonyl (C=O) groups excluding carboxylic acids is 1. The van der Waals surface area contributed by atoms with E-state index in [-0.39, 0.29) is 0 Å². The molecule has 0 aliphatic carbocycles. The van der Waals surface area contributed by atoms with Gasteiger partial charge in [0.15, 0.2) is 0 Å². The largest absolute Gasteiger partial charge is 0.341 e. The van der Waals surface area contributed by atoms with Crippen molar-refractivity contribution in [2.24, 2.45) is 5.92 Å². The van der Waals surface area contributed by atoms with Gasteiger partial charge in [-0.15, -0.1) is 0 Å². The Morgan fingerprint density at radius 3 is 3.00 bits per heavy atom. The van der Waals surface area contributed by atoms with E-state index in [9.17, 15) is 4.79 Å². The number of nitrogens with zero attached hydrogens (tertiary/aromatic N) is 1. The maximum atomic E-state index is 12.3. The van der Waals surface area contributed by atoms with Crippen molar-refractivity contribution in [1.29, 1.82) is 0 Å². The van der Waals surface area contributed by atoms with Gasteiger partial charge in [0, 0.05) is 25.6 Å². The maximum absolute atomic E-state index is 12.3. The minimum atomic E-state index is 0.319. The minimum Gasteiger partial charge on any atom is -0.341 e. The van der Waals surface area contributed by atoms with Gasteiger partial charge >= 0.3 is 0 Å². The molecule has 0 radical (unpaired) electrons. The fraction of sp³-hybridized carbons (Fsp3) is 0.562. The molecule has 3 rings (SSSR count). The average Bonchev–Trinajstić information content (AvgIpc) is 2.98. The summed E-state index contributed by atoms with van der Waals surface area (Å²) >= 11 is 0. The fourth-order valence-corrected chi connectivity index (χ4v) is 3.34. The number of hydrogen-bond acceptors (Lipinski definition) is 2. The summed E-state index contributed by atoms with van der Waals surface area (Å²) in [6.07, 6.45) is 2.74. The van der Waals surface area contributed by atoms with Gasteiger partial charge in [-0.05, 0) is 43.4 Å². The zero-order valence-corrected chi connectivity index (χ0v) is 11.6. The number of rotatable bonds is 3. The lowest BCUT2D eigenvalue weighted by Crippen LogP contribution is -2.34. The molecule has 2 aliphatic rings. The number of amides is 1. The van der Waals surface area contributed by atoms with E-state index in [4.69, 9.17) is 0 Å². The number of fused-ring (bicyclic) bond motifs is 1. The molecule has 2 saturated heterocycles. The Kier molecular flexibility index (Phi) is 3.56. The summed E-state index contributed by atoms with van der Waals surface area (Å²) in [5.74, 6) is 1.02. The number of carbonyl (C=O) groups is 1. The third kappa shape index (κ3) is 2.66. The Hall–Kier alpha value is -1.35. The molecule has 2 fully saturated rings. The highest BCUT2D eigenvalue weighted by atomic mass is 16.2. The molecule has 3 heteroatoms. The highest BCUT2D eigenvalue weighted by Gasteiger charge is 2.37. The van der Waals surface area contributed by atoms with Gasteiger partial charge in [0.05, 0.1) is 0 Å². The number of hydrogen-bond donors (Lipinski definition) is 1. The van der Waals surface area contributed by atoms with E-state index >= 15 is 0 Å². The Morgan fingerprint density at radius 1 is 1.37 bits per heavy atom. The minimum absolute atomic E-state index is 0.319. The second-order valence-corrected chi connectivity index (χ2v) is 5.83. The summed E-state index contributed by atoms with van der Waals surface area (Å²) in [6.45, 7) is 5.12. The molecule has 102 valence electrons. The number of nitrogens with one attached hydrogen (secondary N) is 1. The SMILES string of the molecule is Cc1ccccc1CCC(=O)N1C[C@@H]2CCN[C@@H]2C1. The van der Waals surface area contributed by atoms with Crippen LogP contribution in [0.4, 0.5) is 0 Å². The van der Waals surface area contributed by atoms with Crippen molar-refractivity contribution in [2.75, 3.05) is 19.6 Å². The summed E-state index contributed by atoms with van der Waals surface area (Å²) in [7, 11) is 0. The van der Waals surface area contributed by atoms with Crippen LogP contribution in [0.5, 0.6) is 0 Å². The van der Waals surface area contributed by atoms with Crippen molar-refractivity contribution in [3.63, 3.8) is 0 Å². The molecule has 2 atom stereocenters. The zero-order valence-electron chi connectivity index (χ0n) is 11.6. The summed E-state index contributed by atoms with van der Waals surface area (Å²) < 4.78 is 0. The first-order valence-corrected chi connectivity index (χ1v) is 7.29. The predicted molar refractivity (Wildman–Crippen MR) is 76.0 cm³/mol. The first kappa shape index (κ1) is 12.7. The van der Waals surface area contributed by atoms with Crippen molar-refractivity contribution < 1.29 is 4.79 Å². The lowest BCUT2D eigenvalue weighted by molar-refractivity contribution is -0.130. The highest BCUT2D eigenvalue weighted by molar-refractivity contribution is 5.77. The van der Waals surface area contributed by atoms with Crippen molar-refractivity contribution >= 4 is 5.91 Å². The van der Waals surface area contributed by atoms with Crippen LogP contribution in [0.1, 0.15) is 24.0 Å². The lowest BCUT2D eigenvalue weighted by atomic mass is 10.0. The molecule has 0 saturated carbocycles. The van der Waals surface area contributed by atoms with E-state index in [0.29, 0.717) is 24.3 Å². The Bertz CT molecular complexity index is 460. The highest BCUT2D eigenvalue weighted by Crippen LogP contribution is 2.25. The monoisotopic (exact) mass is 258 g/mol. The number of benzene rings is 1. The molecule has 1 N–H and O–H groups in total. The van der Waals surface area contributed by atoms with Crippen molar-refractivity contribution in [3.8, 4) is 0 Å². The van der Waals surface area contributed by atoms with E-state index in [1.54, 1.807) is 0 Å². The third-order valence-corrected chi connectivity index (χ3v) is 4.58. The van der Waals surface area contributed by atoms with Crippen LogP contribution in [-0.2, 0) is 11.2 Å². The predicted octanol–water partition coefficient (Wildman–Crippen LogP) is 1.75. The van der Waals surface area contributed by atoms with Crippen molar-refractivity contribution in [3.05, 3.63) is 35.4 Å². The molecule has 1 aromatic carbocycles. The second-order valence-electron chi connectivity index (χ2n) is 5.83. The van der Waals surface area contributed by atoms with E-state index in [2.05, 4.69) is 35.3 Å². The van der Waals surface area contributed by atoms with Crippen LogP contribution in [0.15, 0.2) is 24.3 Å². The van der Waals surface area contributed by atoms with Gasteiger partial charge in [-0.1, -0.05) is 24.3 Å². The van der Waals surface area contributed by atoms with Gasteiger partial charge in [0.25, 0.3) is 0 Å². The van der Waals surface area contributed by atoms with Crippen LogP contribution in [-0.4, -0.2) is 36.5 Å². The third-order valence-electron chi connectivity index (χ3n) is 4.58. The summed E-state index contributed by atoms with van der Waals surface area (Å²) in [4.78, 5) is 14.3. The Balaban J connectivity index is 1.54. The van der Waals surface area contributed by atoms with Crippen LogP contribution in [0.2, 0.25) is 0 Å². The van der Waals surface area contributed by atoms with Crippen LogP contribution < -0.4 is 5.32 Å². The molecule has 0 bridgehead atoms. The quantitative estimate of drug-likeness (QED) is 0.896. The molecule has 0 aromatic heterocycles. The fourth-order valence-electron chi connectivity index (χ4n) is 3.34. The van der Waals surface area contributed by atoms with Gasteiger partial charge in [0.2, 0.25) is 5.91 Å². The summed E-state index contributed by atoms with van der Waals surface area (Å²) in [5.41, 5.74) is 2.59. The number of aryl methyl sites for hydroxylation is 2. The van der Waals surface area contributed by atoms with E-state index in [0.717, 1.165) is 26.1 Å². The molecule has 0 spiro atoms. The summed E-state index contributed by atoms with van der Waals surface area (Å²) in [6, 6.07) is 8.90. The molecule has 2 aliphatic heterocycles. The molecule has 3 nitrogen and oxygen atoms in total. The Labute approximate surface area is 115 Å². The summed E-state index contributed by atoms with van der Waals surface area (Å²) in [5, 5.41) is 3.49. The van der Waals surface area contributed by atoms with Gasteiger partial charge in [-0.2, -0.15) is 0 Å². The van der Waals surface area contributed by atoms with Crippen molar-refractivity contribution in [1.82, 2.24) is 10.2 Å². The lowest BCUT2D eigenvalue weighted by Gasteiger charge is -2.17. The van der Waals surface area contributed by atoms with E-state index in [1.807, 2.05) is 6.07 Å². The standard InChI is InChI=1S/C16H22N2O/c1-12-4-2-3-5-13(12)6-7-16(19)18-10-14-8-9-17-15(14)11-18/h2-5,14-15,17H,6-11H2,1H3/t14-,15+/m0/s1. The first-order chi connectivity index (χ1) is 9.24. The van der Waals surface area contributed by atoms with Gasteiger partial charge < -0.3 is 10.2 Å². The van der Waals surface area contributed by atoms with Gasteiger partial charge in [-0.25, -0.2) is 0 Å². The maximum Gasteiger partial charge on any atom is 0.222 e. The topological polar surface area (TPSA) is 32.3 Å². The molecular weight excluding hydrogens is 236 g/mol. The number of likely N-dealkylation sites (tertiary alicyclic amines) is 1. The van der Waals surface area contributed by atoms with E-state index in [1.165, 1.54) is 17.5 Å². The molecule has 1 aromatic rings. The smallest absolute Gasteiger partial charge is 0.222 e. The van der Waals surface area contributed by atoms with Crippen LogP contribution in [0.25, 0.3) is 0 Å². The Morgan fingerprint density at radius 2 is 2.21 bits per heavy atom. The van der Waals surface area contributed by atoms with Crippen LogP contribution in [0, 0.1) is 12.8 Å². The molecule has 0 unspecified atom stereocenters. The first-order valence-electron chi connectivity index (χ1n) is 7.29. The van der Waals surface area contributed by atoms with Crippen LogP contribution in [0.3, 0.4) is 0 Å². The van der Waals surface area contributed by atoms with Crippen LogP contribution >= 0.6 is 0 Å². The normalized spacial score (nSPS) is 25.6. The molecule has 1 amide bonds. The molecular formula is C16H22N2O. The zero-order chi connectivity index (χ0) is 13.2. The average molecular weight is 258 g/mol. The second kappa shape index (κ2) is 5.33. The molecule has 2 heterocycles. The molecule has 19 heavy (non-hydrogen) atoms. The van der Waals surface area contributed by atoms with Gasteiger partial charge in [0.1, 0.15) is 0 Å². The van der Waals surface area contributed by atoms with Gasteiger partial charge in [-0.3, -0.25) is 4.79 Å². The van der Waals surface area contributed by atoms with Crippen molar-refractivity contribution in [2.45, 2.75) is 32.2 Å².